The second-order valence-electron chi connectivity index (χ2n) is 6.10. The van der Waals surface area contributed by atoms with Crippen LogP contribution in [0.2, 0.25) is 0 Å². The van der Waals surface area contributed by atoms with E-state index in [2.05, 4.69) is 13.8 Å². The van der Waals surface area contributed by atoms with Crippen LogP contribution in [0.5, 0.6) is 0 Å². The Balaban J connectivity index is 1.91. The van der Waals surface area contributed by atoms with Gasteiger partial charge in [0.15, 0.2) is 0 Å². The predicted octanol–water partition coefficient (Wildman–Crippen LogP) is 4.50. The molecular weight excluding hydrogens is 196 g/mol. The van der Waals surface area contributed by atoms with Gasteiger partial charge in [0.2, 0.25) is 0 Å². The van der Waals surface area contributed by atoms with Gasteiger partial charge in [0.05, 0.1) is 0 Å². The minimum absolute atomic E-state index is 0.167. The van der Waals surface area contributed by atoms with Crippen molar-refractivity contribution in [2.24, 2.45) is 10.8 Å². The van der Waals surface area contributed by atoms with Gasteiger partial charge in [-0.25, -0.2) is 0 Å². The molecule has 2 fully saturated rings. The lowest BCUT2D eigenvalue weighted by Crippen LogP contribution is -2.26. The number of unbranched alkanes of at least 4 members (excludes halogenated alkanes) is 2. The third-order valence-corrected chi connectivity index (χ3v) is 4.69. The van der Waals surface area contributed by atoms with Crippen molar-refractivity contribution in [1.29, 1.82) is 0 Å². The fraction of sp³-hybridized carbons (Fsp3) is 0.933. The summed E-state index contributed by atoms with van der Waals surface area (Å²) >= 11 is 0. The largest absolute Gasteiger partial charge is 0.298 e. The van der Waals surface area contributed by atoms with Crippen molar-refractivity contribution in [2.45, 2.75) is 78.1 Å². The second kappa shape index (κ2) is 4.50. The van der Waals surface area contributed by atoms with E-state index in [9.17, 15) is 4.79 Å². The Kier molecular flexibility index (Phi) is 3.42. The molecule has 0 spiro atoms. The van der Waals surface area contributed by atoms with Crippen molar-refractivity contribution >= 4 is 5.78 Å². The van der Waals surface area contributed by atoms with Crippen LogP contribution in [0.1, 0.15) is 78.1 Å². The monoisotopic (exact) mass is 222 g/mol. The Morgan fingerprint density at radius 3 is 1.50 bits per heavy atom. The van der Waals surface area contributed by atoms with Crippen LogP contribution < -0.4 is 0 Å². The summed E-state index contributed by atoms with van der Waals surface area (Å²) in [6.07, 6.45) is 12.1. The zero-order chi connectivity index (χ0) is 11.6. The fourth-order valence-electron chi connectivity index (χ4n) is 3.08. The van der Waals surface area contributed by atoms with Crippen LogP contribution in [0.15, 0.2) is 0 Å². The molecule has 2 aliphatic carbocycles. The maximum absolute atomic E-state index is 12.6. The Bertz CT molecular complexity index is 233. The minimum Gasteiger partial charge on any atom is -0.298 e. The van der Waals surface area contributed by atoms with E-state index in [0.717, 1.165) is 0 Å². The second-order valence-corrected chi connectivity index (χ2v) is 6.10. The first-order valence-electron chi connectivity index (χ1n) is 7.24. The van der Waals surface area contributed by atoms with E-state index in [1.165, 1.54) is 64.2 Å². The molecule has 0 aromatic heterocycles. The van der Waals surface area contributed by atoms with Gasteiger partial charge in [-0.2, -0.15) is 0 Å². The molecule has 16 heavy (non-hydrogen) atoms. The van der Waals surface area contributed by atoms with Crippen LogP contribution >= 0.6 is 0 Å². The molecule has 1 heteroatoms. The first kappa shape index (κ1) is 12.1. The minimum atomic E-state index is 0.167. The average molecular weight is 222 g/mol. The third-order valence-electron chi connectivity index (χ3n) is 4.69. The van der Waals surface area contributed by atoms with E-state index in [1.54, 1.807) is 0 Å². The number of Topliss-reactive ketones (excluding diaryl/α,β-unsaturated/α-hetero) is 1. The summed E-state index contributed by atoms with van der Waals surface area (Å²) in [5.41, 5.74) is 0.334. The van der Waals surface area contributed by atoms with Crippen LogP contribution in [0.3, 0.4) is 0 Å². The molecule has 2 saturated carbocycles. The summed E-state index contributed by atoms with van der Waals surface area (Å²) in [6, 6.07) is 0. The summed E-state index contributed by atoms with van der Waals surface area (Å²) in [7, 11) is 0. The van der Waals surface area contributed by atoms with E-state index in [1.807, 2.05) is 0 Å². The van der Waals surface area contributed by atoms with Gasteiger partial charge in [0.25, 0.3) is 0 Å². The number of ketones is 1. The quantitative estimate of drug-likeness (QED) is 0.591. The van der Waals surface area contributed by atoms with E-state index in [4.69, 9.17) is 0 Å². The highest BCUT2D eigenvalue weighted by molar-refractivity contribution is 5.94. The molecule has 0 amide bonds. The standard InChI is InChI=1S/C15H26O/c1-3-5-7-14(9-10-14)13(16)15(11-12-15)8-6-4-2/h3-12H2,1-2H3. The number of carbonyl (C=O) groups excluding carboxylic acids is 1. The highest BCUT2D eigenvalue weighted by atomic mass is 16.1. The van der Waals surface area contributed by atoms with Crippen molar-refractivity contribution in [3.05, 3.63) is 0 Å². The summed E-state index contributed by atoms with van der Waals surface area (Å²) in [4.78, 5) is 12.6. The fourth-order valence-corrected chi connectivity index (χ4v) is 3.08. The van der Waals surface area contributed by atoms with E-state index < -0.39 is 0 Å². The lowest BCUT2D eigenvalue weighted by atomic mass is 9.81. The van der Waals surface area contributed by atoms with Crippen molar-refractivity contribution in [1.82, 2.24) is 0 Å². The van der Waals surface area contributed by atoms with Gasteiger partial charge in [0.1, 0.15) is 5.78 Å². The molecular formula is C15H26O. The zero-order valence-corrected chi connectivity index (χ0v) is 11.0. The molecule has 0 atom stereocenters. The highest BCUT2D eigenvalue weighted by Gasteiger charge is 2.60. The number of carbonyl (C=O) groups is 1. The van der Waals surface area contributed by atoms with E-state index in [0.29, 0.717) is 5.78 Å². The van der Waals surface area contributed by atoms with Crippen LogP contribution in [-0.2, 0) is 4.79 Å². The van der Waals surface area contributed by atoms with Gasteiger partial charge >= 0.3 is 0 Å². The van der Waals surface area contributed by atoms with Gasteiger partial charge < -0.3 is 0 Å². The smallest absolute Gasteiger partial charge is 0.145 e. The molecule has 0 unspecified atom stereocenters. The van der Waals surface area contributed by atoms with Crippen molar-refractivity contribution < 1.29 is 4.79 Å². The molecule has 0 bridgehead atoms. The van der Waals surface area contributed by atoms with Crippen molar-refractivity contribution in [2.75, 3.05) is 0 Å². The number of hydrogen-bond donors (Lipinski definition) is 0. The lowest BCUT2D eigenvalue weighted by Gasteiger charge is -2.21. The summed E-state index contributed by atoms with van der Waals surface area (Å²) in [5, 5.41) is 0. The van der Waals surface area contributed by atoms with Crippen LogP contribution in [0.25, 0.3) is 0 Å². The van der Waals surface area contributed by atoms with Gasteiger partial charge in [-0.15, -0.1) is 0 Å². The van der Waals surface area contributed by atoms with Crippen LogP contribution in [-0.4, -0.2) is 5.78 Å². The Labute approximate surface area is 100.0 Å². The summed E-state index contributed by atoms with van der Waals surface area (Å²) in [5.74, 6) is 0.668. The van der Waals surface area contributed by atoms with Gasteiger partial charge in [-0.3, -0.25) is 4.79 Å². The molecule has 2 aliphatic rings. The maximum atomic E-state index is 12.6. The molecule has 0 radical (unpaired) electrons. The Morgan fingerprint density at radius 1 is 0.875 bits per heavy atom. The van der Waals surface area contributed by atoms with Crippen LogP contribution in [0.4, 0.5) is 0 Å². The first-order valence-corrected chi connectivity index (χ1v) is 7.24. The van der Waals surface area contributed by atoms with Crippen molar-refractivity contribution in [3.63, 3.8) is 0 Å². The molecule has 0 aromatic carbocycles. The number of hydrogen-bond acceptors (Lipinski definition) is 1. The Morgan fingerprint density at radius 2 is 1.25 bits per heavy atom. The zero-order valence-electron chi connectivity index (χ0n) is 11.0. The highest BCUT2D eigenvalue weighted by Crippen LogP contribution is 2.62. The van der Waals surface area contributed by atoms with E-state index >= 15 is 0 Å². The number of rotatable bonds is 8. The van der Waals surface area contributed by atoms with Gasteiger partial charge in [-0.05, 0) is 38.5 Å². The summed E-state index contributed by atoms with van der Waals surface area (Å²) in [6.45, 7) is 4.45. The molecule has 92 valence electrons. The SMILES string of the molecule is CCCCC1(C(=O)C2(CCCC)CC2)CC1. The van der Waals surface area contributed by atoms with Gasteiger partial charge in [0, 0.05) is 10.8 Å². The molecule has 0 aromatic rings. The molecule has 1 nitrogen and oxygen atoms in total. The average Bonchev–Trinajstić information content (AvgIpc) is 3.19. The normalized spacial score (nSPS) is 24.1. The molecule has 0 N–H and O–H groups in total. The Hall–Kier alpha value is -0.330. The molecule has 0 saturated heterocycles. The maximum Gasteiger partial charge on any atom is 0.145 e. The lowest BCUT2D eigenvalue weighted by molar-refractivity contribution is -0.130. The molecule has 0 aliphatic heterocycles. The first-order chi connectivity index (χ1) is 7.69. The molecule has 2 rings (SSSR count). The molecule has 0 heterocycles. The summed E-state index contributed by atoms with van der Waals surface area (Å²) < 4.78 is 0. The third kappa shape index (κ3) is 2.19. The van der Waals surface area contributed by atoms with Crippen molar-refractivity contribution in [3.8, 4) is 0 Å². The van der Waals surface area contributed by atoms with E-state index in [-0.39, 0.29) is 10.8 Å². The predicted molar refractivity (Wildman–Crippen MR) is 67.4 cm³/mol. The topological polar surface area (TPSA) is 17.1 Å². The van der Waals surface area contributed by atoms with Gasteiger partial charge in [-0.1, -0.05) is 39.5 Å². The van der Waals surface area contributed by atoms with Crippen LogP contribution in [0, 0.1) is 10.8 Å².